The molecular weight excluding hydrogens is 314 g/mol. The summed E-state index contributed by atoms with van der Waals surface area (Å²) in [5.41, 5.74) is 4.45. The number of aliphatic carboxylic acids is 1. The number of hydrogen-bond donors (Lipinski definition) is 2. The average molecular weight is 341 g/mol. The van der Waals surface area contributed by atoms with Crippen LogP contribution in [0.25, 0.3) is 11.1 Å². The zero-order valence-corrected chi connectivity index (χ0v) is 15.2. The van der Waals surface area contributed by atoms with Crippen LogP contribution in [0.5, 0.6) is 5.75 Å². The van der Waals surface area contributed by atoms with Crippen LogP contribution in [0.1, 0.15) is 37.3 Å². The van der Waals surface area contributed by atoms with Gasteiger partial charge in [0.1, 0.15) is 11.8 Å². The Morgan fingerprint density at radius 1 is 1.24 bits per heavy atom. The van der Waals surface area contributed by atoms with E-state index in [0.29, 0.717) is 13.0 Å². The minimum absolute atomic E-state index is 0.462. The highest BCUT2D eigenvalue weighted by Gasteiger charge is 2.17. The summed E-state index contributed by atoms with van der Waals surface area (Å²) in [4.78, 5) is 11.4. The van der Waals surface area contributed by atoms with E-state index in [1.165, 1.54) is 11.1 Å². The third kappa shape index (κ3) is 5.07. The maximum atomic E-state index is 11.4. The van der Waals surface area contributed by atoms with Crippen LogP contribution in [-0.4, -0.2) is 24.2 Å². The van der Waals surface area contributed by atoms with E-state index in [9.17, 15) is 9.90 Å². The van der Waals surface area contributed by atoms with Gasteiger partial charge in [0.2, 0.25) is 0 Å². The van der Waals surface area contributed by atoms with E-state index >= 15 is 0 Å². The van der Waals surface area contributed by atoms with Gasteiger partial charge >= 0.3 is 5.97 Å². The van der Waals surface area contributed by atoms with E-state index in [2.05, 4.69) is 37.4 Å². The number of methoxy groups -OCH3 is 1. The van der Waals surface area contributed by atoms with Gasteiger partial charge in [-0.25, -0.2) is 0 Å². The van der Waals surface area contributed by atoms with Crippen molar-refractivity contribution in [3.8, 4) is 16.9 Å². The van der Waals surface area contributed by atoms with Crippen LogP contribution in [0.4, 0.5) is 0 Å². The van der Waals surface area contributed by atoms with Crippen LogP contribution in [0.15, 0.2) is 42.5 Å². The Morgan fingerprint density at radius 3 is 2.64 bits per heavy atom. The van der Waals surface area contributed by atoms with Crippen LogP contribution < -0.4 is 10.1 Å². The highest BCUT2D eigenvalue weighted by Crippen LogP contribution is 2.28. The molecule has 0 amide bonds. The minimum Gasteiger partial charge on any atom is -0.496 e. The van der Waals surface area contributed by atoms with Crippen molar-refractivity contribution in [1.82, 2.24) is 5.32 Å². The molecule has 0 aliphatic carbocycles. The largest absolute Gasteiger partial charge is 0.496 e. The summed E-state index contributed by atoms with van der Waals surface area (Å²) in [6.45, 7) is 4.61. The molecule has 0 saturated carbocycles. The highest BCUT2D eigenvalue weighted by atomic mass is 16.5. The molecule has 0 bridgehead atoms. The summed E-state index contributed by atoms with van der Waals surface area (Å²) in [7, 11) is 1.64. The number of benzene rings is 2. The van der Waals surface area contributed by atoms with Gasteiger partial charge < -0.3 is 15.2 Å². The Morgan fingerprint density at radius 2 is 2.00 bits per heavy atom. The van der Waals surface area contributed by atoms with Crippen molar-refractivity contribution >= 4 is 5.97 Å². The molecule has 134 valence electrons. The van der Waals surface area contributed by atoms with Gasteiger partial charge in [-0.15, -0.1) is 0 Å². The summed E-state index contributed by atoms with van der Waals surface area (Å²) in [5, 5.41) is 12.5. The molecule has 2 aromatic rings. The summed E-state index contributed by atoms with van der Waals surface area (Å²) in [6, 6.07) is 13.8. The standard InChI is InChI=1S/C21H27NO3/c1-4-5-10-19(21(23)24)22-14-17-13-16(11-12-20(17)25-3)18-9-7-6-8-15(18)2/h6-9,11-13,19,22H,4-5,10,14H2,1-3H3,(H,23,24)/t19-/m0/s1. The molecule has 0 spiro atoms. The second-order valence-corrected chi connectivity index (χ2v) is 6.26. The number of rotatable bonds is 9. The first kappa shape index (κ1) is 19.0. The van der Waals surface area contributed by atoms with Crippen LogP contribution in [0.3, 0.4) is 0 Å². The van der Waals surface area contributed by atoms with E-state index in [-0.39, 0.29) is 0 Å². The molecule has 0 aromatic heterocycles. The van der Waals surface area contributed by atoms with Crippen LogP contribution >= 0.6 is 0 Å². The third-order valence-corrected chi connectivity index (χ3v) is 4.42. The fourth-order valence-corrected chi connectivity index (χ4v) is 2.94. The lowest BCUT2D eigenvalue weighted by atomic mass is 9.98. The molecule has 1 atom stereocenters. The zero-order chi connectivity index (χ0) is 18.2. The predicted molar refractivity (Wildman–Crippen MR) is 101 cm³/mol. The molecule has 0 heterocycles. The van der Waals surface area contributed by atoms with E-state index < -0.39 is 12.0 Å². The van der Waals surface area contributed by atoms with Crippen LogP contribution in [0, 0.1) is 6.92 Å². The maximum absolute atomic E-state index is 11.4. The fourth-order valence-electron chi connectivity index (χ4n) is 2.94. The fraction of sp³-hybridized carbons (Fsp3) is 0.381. The van der Waals surface area contributed by atoms with Crippen LogP contribution in [-0.2, 0) is 11.3 Å². The smallest absolute Gasteiger partial charge is 0.320 e. The molecule has 0 fully saturated rings. The van der Waals surface area contributed by atoms with Gasteiger partial charge in [-0.2, -0.15) is 0 Å². The molecule has 25 heavy (non-hydrogen) atoms. The Balaban J connectivity index is 2.22. The number of unbranched alkanes of at least 4 members (excludes halogenated alkanes) is 1. The van der Waals surface area contributed by atoms with Gasteiger partial charge in [0.05, 0.1) is 7.11 Å². The second kappa shape index (κ2) is 9.23. The molecule has 4 nitrogen and oxygen atoms in total. The first-order valence-corrected chi connectivity index (χ1v) is 8.76. The third-order valence-electron chi connectivity index (χ3n) is 4.42. The maximum Gasteiger partial charge on any atom is 0.320 e. The van der Waals surface area contributed by atoms with E-state index in [1.54, 1.807) is 7.11 Å². The summed E-state index contributed by atoms with van der Waals surface area (Å²) < 4.78 is 5.45. The lowest BCUT2D eigenvalue weighted by Crippen LogP contribution is -2.36. The van der Waals surface area contributed by atoms with Crippen LogP contribution in [0.2, 0.25) is 0 Å². The number of ether oxygens (including phenoxy) is 1. The Hall–Kier alpha value is -2.33. The van der Waals surface area contributed by atoms with Crippen molar-refractivity contribution in [1.29, 1.82) is 0 Å². The quantitative estimate of drug-likeness (QED) is 0.709. The molecule has 0 saturated heterocycles. The minimum atomic E-state index is -0.803. The zero-order valence-electron chi connectivity index (χ0n) is 15.2. The topological polar surface area (TPSA) is 58.6 Å². The molecule has 4 heteroatoms. The summed E-state index contributed by atoms with van der Waals surface area (Å²) in [6.07, 6.45) is 2.51. The first-order valence-electron chi connectivity index (χ1n) is 8.76. The summed E-state index contributed by atoms with van der Waals surface area (Å²) in [5.74, 6) is -0.0352. The van der Waals surface area contributed by atoms with Crippen molar-refractivity contribution in [2.45, 2.75) is 45.7 Å². The number of hydrogen-bond acceptors (Lipinski definition) is 3. The van der Waals surface area contributed by atoms with Gasteiger partial charge in [0.25, 0.3) is 0 Å². The lowest BCUT2D eigenvalue weighted by molar-refractivity contribution is -0.139. The number of carboxylic acids is 1. The SMILES string of the molecule is CCCC[C@H](NCc1cc(-c2ccccc2C)ccc1OC)C(=O)O. The van der Waals surface area contributed by atoms with Crippen molar-refractivity contribution in [2.75, 3.05) is 7.11 Å². The Bertz CT molecular complexity index is 712. The molecule has 2 rings (SSSR count). The Labute approximate surface area is 149 Å². The second-order valence-electron chi connectivity index (χ2n) is 6.26. The van der Waals surface area contributed by atoms with Crippen molar-refractivity contribution in [3.63, 3.8) is 0 Å². The van der Waals surface area contributed by atoms with Crippen molar-refractivity contribution in [3.05, 3.63) is 53.6 Å². The predicted octanol–water partition coefficient (Wildman–Crippen LogP) is 4.40. The molecule has 0 unspecified atom stereocenters. The molecular formula is C21H27NO3. The van der Waals surface area contributed by atoms with E-state index in [0.717, 1.165) is 29.7 Å². The van der Waals surface area contributed by atoms with Gasteiger partial charge in [-0.3, -0.25) is 4.79 Å². The van der Waals surface area contributed by atoms with Crippen molar-refractivity contribution < 1.29 is 14.6 Å². The number of carbonyl (C=O) groups is 1. The normalized spacial score (nSPS) is 12.0. The average Bonchev–Trinajstić information content (AvgIpc) is 2.61. The monoisotopic (exact) mass is 341 g/mol. The van der Waals surface area contributed by atoms with Gasteiger partial charge in [0, 0.05) is 12.1 Å². The number of carboxylic acid groups (broad SMARTS) is 1. The number of nitrogens with one attached hydrogen (secondary N) is 1. The van der Waals surface area contributed by atoms with E-state index in [1.807, 2.05) is 24.3 Å². The summed E-state index contributed by atoms with van der Waals surface area (Å²) >= 11 is 0. The lowest BCUT2D eigenvalue weighted by Gasteiger charge is -2.17. The van der Waals surface area contributed by atoms with Gasteiger partial charge in [-0.1, -0.05) is 50.1 Å². The molecule has 2 aromatic carbocycles. The first-order chi connectivity index (χ1) is 12.1. The van der Waals surface area contributed by atoms with Crippen molar-refractivity contribution in [2.24, 2.45) is 0 Å². The molecule has 0 aliphatic rings. The molecule has 2 N–H and O–H groups in total. The van der Waals surface area contributed by atoms with Gasteiger partial charge in [0.15, 0.2) is 0 Å². The molecule has 0 aliphatic heterocycles. The molecule has 0 radical (unpaired) electrons. The number of aryl methyl sites for hydroxylation is 1. The highest BCUT2D eigenvalue weighted by molar-refractivity contribution is 5.73. The van der Waals surface area contributed by atoms with Gasteiger partial charge in [-0.05, 0) is 42.2 Å². The van der Waals surface area contributed by atoms with E-state index in [4.69, 9.17) is 4.74 Å². The Kier molecular flexibility index (Phi) is 7.02.